The maximum absolute atomic E-state index is 12.4. The van der Waals surface area contributed by atoms with Crippen molar-refractivity contribution in [2.75, 3.05) is 18.4 Å². The molecule has 0 aliphatic heterocycles. The van der Waals surface area contributed by atoms with E-state index in [9.17, 15) is 4.79 Å². The first-order valence-corrected chi connectivity index (χ1v) is 8.00. The zero-order valence-corrected chi connectivity index (χ0v) is 14.5. The van der Waals surface area contributed by atoms with Crippen molar-refractivity contribution in [3.05, 3.63) is 46.2 Å². The molecule has 1 heterocycles. The Labute approximate surface area is 138 Å². The van der Waals surface area contributed by atoms with Crippen molar-refractivity contribution in [3.8, 4) is 0 Å². The molecule has 0 fully saturated rings. The van der Waals surface area contributed by atoms with E-state index in [0.717, 1.165) is 15.9 Å². The van der Waals surface area contributed by atoms with Crippen molar-refractivity contribution < 1.29 is 4.79 Å². The van der Waals surface area contributed by atoms with Crippen molar-refractivity contribution in [2.24, 2.45) is 0 Å². The molecule has 1 aromatic heterocycles. The predicted molar refractivity (Wildman–Crippen MR) is 91.4 cm³/mol. The van der Waals surface area contributed by atoms with Gasteiger partial charge in [-0.15, -0.1) is 0 Å². The average molecular weight is 363 g/mol. The van der Waals surface area contributed by atoms with Crippen LogP contribution in [0.4, 0.5) is 11.6 Å². The van der Waals surface area contributed by atoms with Gasteiger partial charge in [-0.25, -0.2) is 9.97 Å². The molecule has 2 aromatic rings. The van der Waals surface area contributed by atoms with Crippen LogP contribution >= 0.6 is 15.9 Å². The number of nitrogens with zero attached hydrogens (tertiary/aromatic N) is 3. The van der Waals surface area contributed by atoms with Gasteiger partial charge in [0.15, 0.2) is 0 Å². The summed E-state index contributed by atoms with van der Waals surface area (Å²) in [5.74, 6) is 0.354. The lowest BCUT2D eigenvalue weighted by Crippen LogP contribution is -2.31. The van der Waals surface area contributed by atoms with Crippen LogP contribution in [-0.4, -0.2) is 33.9 Å². The van der Waals surface area contributed by atoms with Gasteiger partial charge < -0.3 is 10.2 Å². The lowest BCUT2D eigenvalue weighted by Gasteiger charge is -2.18. The molecule has 1 aromatic carbocycles. The molecule has 6 heteroatoms. The lowest BCUT2D eigenvalue weighted by molar-refractivity contribution is 0.0767. The maximum Gasteiger partial charge on any atom is 0.272 e. The zero-order valence-electron chi connectivity index (χ0n) is 12.9. The number of aromatic nitrogens is 2. The summed E-state index contributed by atoms with van der Waals surface area (Å²) in [4.78, 5) is 22.8. The zero-order chi connectivity index (χ0) is 16.1. The molecular weight excluding hydrogens is 344 g/mol. The van der Waals surface area contributed by atoms with Gasteiger partial charge in [-0.3, -0.25) is 4.79 Å². The fourth-order valence-electron chi connectivity index (χ4n) is 2.07. The summed E-state index contributed by atoms with van der Waals surface area (Å²) >= 11 is 3.40. The highest BCUT2D eigenvalue weighted by Crippen LogP contribution is 2.18. The Hall–Kier alpha value is -1.95. The third kappa shape index (κ3) is 4.04. The molecule has 0 aliphatic carbocycles. The second kappa shape index (κ2) is 7.35. The first-order valence-electron chi connectivity index (χ1n) is 7.21. The van der Waals surface area contributed by atoms with Crippen LogP contribution < -0.4 is 5.32 Å². The third-order valence-electron chi connectivity index (χ3n) is 3.22. The minimum atomic E-state index is -0.0747. The summed E-state index contributed by atoms with van der Waals surface area (Å²) in [5, 5.41) is 3.13. The monoisotopic (exact) mass is 362 g/mol. The van der Waals surface area contributed by atoms with Gasteiger partial charge in [-0.05, 0) is 51.1 Å². The van der Waals surface area contributed by atoms with Gasteiger partial charge in [0.2, 0.25) is 5.95 Å². The highest BCUT2D eigenvalue weighted by atomic mass is 79.9. The number of carbonyl (C=O) groups is 1. The Balaban J connectivity index is 2.26. The van der Waals surface area contributed by atoms with E-state index < -0.39 is 0 Å². The van der Waals surface area contributed by atoms with Crippen LogP contribution in [0.1, 0.15) is 30.0 Å². The van der Waals surface area contributed by atoms with Crippen molar-refractivity contribution in [3.63, 3.8) is 0 Å². The molecule has 116 valence electrons. The van der Waals surface area contributed by atoms with E-state index in [1.54, 1.807) is 11.0 Å². The number of hydrogen-bond donors (Lipinski definition) is 1. The van der Waals surface area contributed by atoms with Gasteiger partial charge in [-0.2, -0.15) is 0 Å². The number of amides is 1. The number of nitrogens with one attached hydrogen (secondary N) is 1. The van der Waals surface area contributed by atoms with Gasteiger partial charge >= 0.3 is 0 Å². The molecule has 2 rings (SSSR count). The van der Waals surface area contributed by atoms with E-state index in [1.165, 1.54) is 0 Å². The summed E-state index contributed by atoms with van der Waals surface area (Å²) in [6.07, 6.45) is 0. The van der Waals surface area contributed by atoms with Crippen LogP contribution in [0.15, 0.2) is 34.8 Å². The predicted octanol–water partition coefficient (Wildman–Crippen LogP) is 3.77. The number of carbonyl (C=O) groups excluding carboxylic acids is 1. The highest BCUT2D eigenvalue weighted by molar-refractivity contribution is 9.10. The third-order valence-corrected chi connectivity index (χ3v) is 3.75. The topological polar surface area (TPSA) is 58.1 Å². The second-order valence-corrected chi connectivity index (χ2v) is 5.74. The molecule has 1 N–H and O–H groups in total. The quantitative estimate of drug-likeness (QED) is 0.879. The molecule has 0 atom stereocenters. The number of anilines is 2. The summed E-state index contributed by atoms with van der Waals surface area (Å²) < 4.78 is 1.00. The van der Waals surface area contributed by atoms with Gasteiger partial charge in [-0.1, -0.05) is 15.9 Å². The maximum atomic E-state index is 12.4. The normalized spacial score (nSPS) is 10.4. The molecule has 0 bridgehead atoms. The molecule has 0 spiro atoms. The Morgan fingerprint density at radius 3 is 2.41 bits per heavy atom. The molecule has 0 saturated heterocycles. The number of benzene rings is 1. The van der Waals surface area contributed by atoms with Crippen molar-refractivity contribution in [1.29, 1.82) is 0 Å². The molecule has 0 aliphatic rings. The first-order chi connectivity index (χ1) is 10.5. The van der Waals surface area contributed by atoms with E-state index >= 15 is 0 Å². The molecule has 1 amide bonds. The van der Waals surface area contributed by atoms with Gasteiger partial charge in [0.1, 0.15) is 5.69 Å². The van der Waals surface area contributed by atoms with Crippen molar-refractivity contribution in [1.82, 2.24) is 14.9 Å². The van der Waals surface area contributed by atoms with Gasteiger partial charge in [0.25, 0.3) is 5.91 Å². The summed E-state index contributed by atoms with van der Waals surface area (Å²) in [6.45, 7) is 7.09. The highest BCUT2D eigenvalue weighted by Gasteiger charge is 2.15. The lowest BCUT2D eigenvalue weighted by atomic mass is 10.3. The van der Waals surface area contributed by atoms with Crippen molar-refractivity contribution in [2.45, 2.75) is 20.8 Å². The van der Waals surface area contributed by atoms with Crippen LogP contribution in [0.3, 0.4) is 0 Å². The minimum absolute atomic E-state index is 0.0747. The SMILES string of the molecule is CCN(CC)C(=O)c1cc(C)nc(Nc2ccc(Br)cc2)n1. The summed E-state index contributed by atoms with van der Waals surface area (Å²) in [7, 11) is 0. The van der Waals surface area contributed by atoms with Crippen LogP contribution in [0.25, 0.3) is 0 Å². The Kier molecular flexibility index (Phi) is 5.49. The smallest absolute Gasteiger partial charge is 0.272 e. The molecular formula is C16H19BrN4O. The number of aryl methyl sites for hydroxylation is 1. The van der Waals surface area contributed by atoms with Crippen LogP contribution in [0.5, 0.6) is 0 Å². The number of hydrogen-bond acceptors (Lipinski definition) is 4. The van der Waals surface area contributed by atoms with Crippen LogP contribution in [0, 0.1) is 6.92 Å². The number of halogens is 1. The Bertz CT molecular complexity index is 654. The van der Waals surface area contributed by atoms with E-state index in [0.29, 0.717) is 24.7 Å². The largest absolute Gasteiger partial charge is 0.338 e. The molecule has 0 radical (unpaired) electrons. The Morgan fingerprint density at radius 2 is 1.82 bits per heavy atom. The van der Waals surface area contributed by atoms with Gasteiger partial charge in [0, 0.05) is 28.9 Å². The van der Waals surface area contributed by atoms with E-state index in [1.807, 2.05) is 45.0 Å². The van der Waals surface area contributed by atoms with Crippen LogP contribution in [-0.2, 0) is 0 Å². The van der Waals surface area contributed by atoms with Gasteiger partial charge in [0.05, 0.1) is 0 Å². The molecule has 0 saturated carbocycles. The molecule has 22 heavy (non-hydrogen) atoms. The Morgan fingerprint density at radius 1 is 1.18 bits per heavy atom. The molecule has 5 nitrogen and oxygen atoms in total. The van der Waals surface area contributed by atoms with E-state index in [-0.39, 0.29) is 5.91 Å². The van der Waals surface area contributed by atoms with Crippen LogP contribution in [0.2, 0.25) is 0 Å². The fourth-order valence-corrected chi connectivity index (χ4v) is 2.33. The average Bonchev–Trinajstić information content (AvgIpc) is 2.50. The van der Waals surface area contributed by atoms with E-state index in [4.69, 9.17) is 0 Å². The second-order valence-electron chi connectivity index (χ2n) is 4.83. The first kappa shape index (κ1) is 16.4. The molecule has 0 unspecified atom stereocenters. The minimum Gasteiger partial charge on any atom is -0.338 e. The summed E-state index contributed by atoms with van der Waals surface area (Å²) in [6, 6.07) is 9.41. The number of rotatable bonds is 5. The summed E-state index contributed by atoms with van der Waals surface area (Å²) in [5.41, 5.74) is 2.04. The van der Waals surface area contributed by atoms with E-state index in [2.05, 4.69) is 31.2 Å². The fraction of sp³-hybridized carbons (Fsp3) is 0.312. The van der Waals surface area contributed by atoms with Crippen molar-refractivity contribution >= 4 is 33.5 Å². The standard InChI is InChI=1S/C16H19BrN4O/c1-4-21(5-2)15(22)14-10-11(3)18-16(20-14)19-13-8-6-12(17)7-9-13/h6-10H,4-5H2,1-3H3,(H,18,19,20).